The standard InChI is InChI=1S/C6BrCl3FI/c7-1-2(8)5(11)3(9)4(10)6(1)12. The Morgan fingerprint density at radius 3 is 2.08 bits per heavy atom. The van der Waals surface area contributed by atoms with Gasteiger partial charge in [0, 0.05) is 3.57 Å². The van der Waals surface area contributed by atoms with Gasteiger partial charge in [0.1, 0.15) is 0 Å². The SMILES string of the molecule is Fc1c(Cl)c(Cl)c(I)c(Br)c1Cl. The van der Waals surface area contributed by atoms with Gasteiger partial charge in [-0.1, -0.05) is 34.8 Å². The Morgan fingerprint density at radius 2 is 1.58 bits per heavy atom. The molecule has 0 spiro atoms. The van der Waals surface area contributed by atoms with Crippen LogP contribution < -0.4 is 0 Å². The van der Waals surface area contributed by atoms with Gasteiger partial charge in [0.2, 0.25) is 0 Å². The third-order valence-corrected chi connectivity index (χ3v) is 5.50. The van der Waals surface area contributed by atoms with Crippen LogP contribution in [-0.2, 0) is 0 Å². The smallest absolute Gasteiger partial charge is 0.163 e. The maximum absolute atomic E-state index is 13.1. The van der Waals surface area contributed by atoms with E-state index >= 15 is 0 Å². The van der Waals surface area contributed by atoms with Crippen LogP contribution in [0.15, 0.2) is 4.47 Å². The van der Waals surface area contributed by atoms with Crippen LogP contribution in [0.5, 0.6) is 0 Å². The summed E-state index contributed by atoms with van der Waals surface area (Å²) < 4.78 is 14.1. The molecule has 66 valence electrons. The highest BCUT2D eigenvalue weighted by atomic mass is 127. The average molecular weight is 404 g/mol. The molecule has 1 aromatic rings. The lowest BCUT2D eigenvalue weighted by atomic mass is 10.3. The predicted octanol–water partition coefficient (Wildman–Crippen LogP) is 5.15. The molecule has 12 heavy (non-hydrogen) atoms. The van der Waals surface area contributed by atoms with Gasteiger partial charge in [-0.3, -0.25) is 0 Å². The normalized spacial score (nSPS) is 10.5. The molecule has 1 aromatic carbocycles. The van der Waals surface area contributed by atoms with Crippen molar-refractivity contribution >= 4 is 73.3 Å². The zero-order valence-corrected chi connectivity index (χ0v) is 11.3. The Hall–Kier alpha value is 1.23. The minimum absolute atomic E-state index is 0.0474. The topological polar surface area (TPSA) is 0 Å². The summed E-state index contributed by atoms with van der Waals surface area (Å²) in [6.07, 6.45) is 0. The van der Waals surface area contributed by atoms with Crippen molar-refractivity contribution in [3.05, 3.63) is 28.9 Å². The fourth-order valence-electron chi connectivity index (χ4n) is 0.578. The molecule has 1 rings (SSSR count). The Kier molecular flexibility index (Phi) is 3.93. The lowest BCUT2D eigenvalue weighted by molar-refractivity contribution is 0.627. The summed E-state index contributed by atoms with van der Waals surface area (Å²) in [6, 6.07) is 0. The first kappa shape index (κ1) is 11.3. The van der Waals surface area contributed by atoms with Crippen molar-refractivity contribution in [2.45, 2.75) is 0 Å². The van der Waals surface area contributed by atoms with Crippen LogP contribution in [0.3, 0.4) is 0 Å². The van der Waals surface area contributed by atoms with Gasteiger partial charge in [0.05, 0.1) is 19.5 Å². The fourth-order valence-corrected chi connectivity index (χ4v) is 2.53. The Morgan fingerprint density at radius 1 is 1.08 bits per heavy atom. The molecule has 0 fully saturated rings. The summed E-state index contributed by atoms with van der Waals surface area (Å²) >= 11 is 21.8. The van der Waals surface area contributed by atoms with Crippen LogP contribution in [0.2, 0.25) is 15.1 Å². The monoisotopic (exact) mass is 402 g/mol. The Labute approximate surface area is 106 Å². The fraction of sp³-hybridized carbons (Fsp3) is 0. The van der Waals surface area contributed by atoms with Crippen LogP contribution in [0.4, 0.5) is 4.39 Å². The molecule has 0 nitrogen and oxygen atoms in total. The zero-order chi connectivity index (χ0) is 9.46. The van der Waals surface area contributed by atoms with Crippen LogP contribution in [0.1, 0.15) is 0 Å². The molecule has 0 atom stereocenters. The Bertz CT molecular complexity index is 237. The summed E-state index contributed by atoms with van der Waals surface area (Å²) in [5.41, 5.74) is 0. The van der Waals surface area contributed by atoms with E-state index in [1.807, 2.05) is 22.6 Å². The predicted molar refractivity (Wildman–Crippen MR) is 61.8 cm³/mol. The van der Waals surface area contributed by atoms with E-state index in [1.165, 1.54) is 0 Å². The third-order valence-electron chi connectivity index (χ3n) is 1.16. The molecule has 0 unspecified atom stereocenters. The number of halogens is 6. The quantitative estimate of drug-likeness (QED) is 0.319. The van der Waals surface area contributed by atoms with Gasteiger partial charge >= 0.3 is 0 Å². The molecule has 0 heterocycles. The molecule has 0 bridgehead atoms. The second-order valence-corrected chi connectivity index (χ2v) is 4.89. The van der Waals surface area contributed by atoms with E-state index in [-0.39, 0.29) is 15.1 Å². The van der Waals surface area contributed by atoms with Crippen molar-refractivity contribution in [3.8, 4) is 0 Å². The number of hydrogen-bond donors (Lipinski definition) is 0. The van der Waals surface area contributed by atoms with Crippen LogP contribution >= 0.6 is 73.3 Å². The van der Waals surface area contributed by atoms with Gasteiger partial charge in [-0.15, -0.1) is 0 Å². The molecule has 0 N–H and O–H groups in total. The van der Waals surface area contributed by atoms with Gasteiger partial charge in [-0.05, 0) is 38.5 Å². The summed E-state index contributed by atoms with van der Waals surface area (Å²) in [5.74, 6) is -0.698. The van der Waals surface area contributed by atoms with Crippen LogP contribution in [0.25, 0.3) is 0 Å². The first-order chi connectivity index (χ1) is 5.46. The van der Waals surface area contributed by atoms with E-state index in [0.717, 1.165) is 0 Å². The van der Waals surface area contributed by atoms with Crippen LogP contribution in [0, 0.1) is 9.39 Å². The van der Waals surface area contributed by atoms with Crippen molar-refractivity contribution in [1.82, 2.24) is 0 Å². The summed E-state index contributed by atoms with van der Waals surface area (Å²) in [5, 5.41) is -0.0193. The highest BCUT2D eigenvalue weighted by molar-refractivity contribution is 14.1. The van der Waals surface area contributed by atoms with Crippen molar-refractivity contribution in [1.29, 1.82) is 0 Å². The Balaban J connectivity index is 3.60. The van der Waals surface area contributed by atoms with E-state index in [1.54, 1.807) is 0 Å². The number of rotatable bonds is 0. The number of benzene rings is 1. The van der Waals surface area contributed by atoms with Gasteiger partial charge in [0.25, 0.3) is 0 Å². The molecule has 0 aliphatic rings. The van der Waals surface area contributed by atoms with E-state index in [9.17, 15) is 4.39 Å². The lowest BCUT2D eigenvalue weighted by Gasteiger charge is -2.05. The first-order valence-electron chi connectivity index (χ1n) is 2.63. The van der Waals surface area contributed by atoms with Crippen LogP contribution in [-0.4, -0.2) is 0 Å². The summed E-state index contributed by atoms with van der Waals surface area (Å²) in [7, 11) is 0. The molecule has 0 saturated heterocycles. The van der Waals surface area contributed by atoms with Crippen molar-refractivity contribution in [2.75, 3.05) is 0 Å². The van der Waals surface area contributed by atoms with Gasteiger partial charge in [-0.2, -0.15) is 0 Å². The molecule has 0 amide bonds. The maximum atomic E-state index is 13.1. The van der Waals surface area contributed by atoms with Gasteiger partial charge in [0.15, 0.2) is 5.82 Å². The number of hydrogen-bond acceptors (Lipinski definition) is 0. The highest BCUT2D eigenvalue weighted by Crippen LogP contribution is 2.40. The average Bonchev–Trinajstić information content (AvgIpc) is 2.08. The second kappa shape index (κ2) is 4.17. The molecule has 0 aliphatic carbocycles. The summed E-state index contributed by atoms with van der Waals surface area (Å²) in [4.78, 5) is 0. The van der Waals surface area contributed by atoms with Crippen molar-refractivity contribution < 1.29 is 4.39 Å². The maximum Gasteiger partial charge on any atom is 0.163 e. The molecular formula is C6BrCl3FI. The largest absolute Gasteiger partial charge is 0.204 e. The second-order valence-electron chi connectivity index (χ2n) is 1.88. The lowest BCUT2D eigenvalue weighted by Crippen LogP contribution is -1.87. The van der Waals surface area contributed by atoms with Gasteiger partial charge < -0.3 is 0 Å². The van der Waals surface area contributed by atoms with Crippen molar-refractivity contribution in [3.63, 3.8) is 0 Å². The summed E-state index contributed by atoms with van der Waals surface area (Å²) in [6.45, 7) is 0. The molecule has 0 aliphatic heterocycles. The minimum Gasteiger partial charge on any atom is -0.204 e. The van der Waals surface area contributed by atoms with Gasteiger partial charge in [-0.25, -0.2) is 4.39 Å². The molecule has 0 saturated carbocycles. The molecule has 0 radical (unpaired) electrons. The third kappa shape index (κ3) is 1.85. The van der Waals surface area contributed by atoms with E-state index < -0.39 is 5.82 Å². The molecular weight excluding hydrogens is 404 g/mol. The van der Waals surface area contributed by atoms with E-state index in [2.05, 4.69) is 15.9 Å². The molecule has 6 heteroatoms. The van der Waals surface area contributed by atoms with E-state index in [4.69, 9.17) is 34.8 Å². The minimum atomic E-state index is -0.698. The van der Waals surface area contributed by atoms with Crippen molar-refractivity contribution in [2.24, 2.45) is 0 Å². The highest BCUT2D eigenvalue weighted by Gasteiger charge is 2.17. The van der Waals surface area contributed by atoms with E-state index in [0.29, 0.717) is 8.04 Å². The first-order valence-corrected chi connectivity index (χ1v) is 5.64. The molecule has 0 aromatic heterocycles. The zero-order valence-electron chi connectivity index (χ0n) is 5.27.